The van der Waals surface area contributed by atoms with Crippen LogP contribution in [0.5, 0.6) is 0 Å². The molecule has 112 valence electrons. The first-order chi connectivity index (χ1) is 9.43. The molecule has 1 aromatic rings. The van der Waals surface area contributed by atoms with Crippen molar-refractivity contribution >= 4 is 15.9 Å². The molecule has 0 saturated heterocycles. The highest BCUT2D eigenvalue weighted by Gasteiger charge is 2.40. The summed E-state index contributed by atoms with van der Waals surface area (Å²) in [4.78, 5) is 0. The predicted molar refractivity (Wildman–Crippen MR) is 84.2 cm³/mol. The number of rotatable bonds is 5. The second-order valence-corrected chi connectivity index (χ2v) is 7.48. The van der Waals surface area contributed by atoms with Gasteiger partial charge >= 0.3 is 0 Å². The fourth-order valence-electron chi connectivity index (χ4n) is 3.69. The van der Waals surface area contributed by atoms with E-state index in [0.717, 1.165) is 29.3 Å². The van der Waals surface area contributed by atoms with Crippen LogP contribution in [0.15, 0.2) is 22.7 Å². The molecule has 0 aromatic heterocycles. The maximum atomic E-state index is 13.4. The third-order valence-corrected chi connectivity index (χ3v) is 5.32. The molecule has 0 spiro atoms. The van der Waals surface area contributed by atoms with Gasteiger partial charge in [-0.25, -0.2) is 4.39 Å². The Labute approximate surface area is 129 Å². The summed E-state index contributed by atoms with van der Waals surface area (Å²) in [6.45, 7) is 4.43. The van der Waals surface area contributed by atoms with Gasteiger partial charge in [-0.15, -0.1) is 0 Å². The Bertz CT molecular complexity index is 452. The second kappa shape index (κ2) is 6.57. The van der Waals surface area contributed by atoms with E-state index in [0.29, 0.717) is 12.3 Å². The highest BCUT2D eigenvalue weighted by atomic mass is 79.9. The van der Waals surface area contributed by atoms with Crippen molar-refractivity contribution in [3.63, 3.8) is 0 Å². The molecule has 0 bridgehead atoms. The van der Waals surface area contributed by atoms with E-state index in [2.05, 4.69) is 29.8 Å². The highest BCUT2D eigenvalue weighted by molar-refractivity contribution is 9.10. The van der Waals surface area contributed by atoms with Gasteiger partial charge in [0.15, 0.2) is 0 Å². The molecule has 2 rings (SSSR count). The van der Waals surface area contributed by atoms with E-state index in [9.17, 15) is 9.50 Å². The average molecular weight is 343 g/mol. The Morgan fingerprint density at radius 1 is 1.30 bits per heavy atom. The van der Waals surface area contributed by atoms with Gasteiger partial charge in [-0.05, 0) is 54.4 Å². The number of aliphatic hydroxyl groups is 1. The molecular weight excluding hydrogens is 319 g/mol. The molecule has 1 N–H and O–H groups in total. The zero-order valence-electron chi connectivity index (χ0n) is 12.3. The van der Waals surface area contributed by atoms with Crippen molar-refractivity contribution < 1.29 is 9.50 Å². The third kappa shape index (κ3) is 3.62. The van der Waals surface area contributed by atoms with E-state index in [-0.39, 0.29) is 17.3 Å². The highest BCUT2D eigenvalue weighted by Crippen LogP contribution is 2.47. The van der Waals surface area contributed by atoms with Crippen LogP contribution in [0.2, 0.25) is 0 Å². The van der Waals surface area contributed by atoms with Crippen LogP contribution in [-0.4, -0.2) is 11.2 Å². The molecule has 1 unspecified atom stereocenters. The van der Waals surface area contributed by atoms with Gasteiger partial charge < -0.3 is 5.11 Å². The van der Waals surface area contributed by atoms with Gasteiger partial charge in [0, 0.05) is 10.9 Å². The fraction of sp³-hybridized carbons (Fsp3) is 0.647. The lowest BCUT2D eigenvalue weighted by atomic mass is 9.72. The Morgan fingerprint density at radius 2 is 1.95 bits per heavy atom. The van der Waals surface area contributed by atoms with Gasteiger partial charge in [0.05, 0.1) is 6.10 Å². The van der Waals surface area contributed by atoms with Crippen LogP contribution in [-0.2, 0) is 6.42 Å². The molecule has 0 amide bonds. The summed E-state index contributed by atoms with van der Waals surface area (Å²) in [5.74, 6) is 0.346. The fourth-order valence-corrected chi connectivity index (χ4v) is 4.10. The van der Waals surface area contributed by atoms with Crippen LogP contribution in [0, 0.1) is 17.2 Å². The van der Waals surface area contributed by atoms with Gasteiger partial charge in [-0.1, -0.05) is 42.6 Å². The van der Waals surface area contributed by atoms with Crippen molar-refractivity contribution in [3.05, 3.63) is 34.1 Å². The lowest BCUT2D eigenvalue weighted by molar-refractivity contribution is 0.0132. The van der Waals surface area contributed by atoms with Crippen molar-refractivity contribution in [2.75, 3.05) is 0 Å². The minimum absolute atomic E-state index is 0.0277. The number of benzene rings is 1. The molecule has 1 saturated carbocycles. The van der Waals surface area contributed by atoms with Gasteiger partial charge in [-0.2, -0.15) is 0 Å². The van der Waals surface area contributed by atoms with E-state index in [1.54, 1.807) is 6.07 Å². The van der Waals surface area contributed by atoms with Crippen molar-refractivity contribution in [1.82, 2.24) is 0 Å². The van der Waals surface area contributed by atoms with Crippen molar-refractivity contribution in [1.29, 1.82) is 0 Å². The van der Waals surface area contributed by atoms with Crippen LogP contribution in [0.1, 0.15) is 51.5 Å². The molecule has 1 nitrogen and oxygen atoms in total. The second-order valence-electron chi connectivity index (χ2n) is 6.62. The lowest BCUT2D eigenvalue weighted by Crippen LogP contribution is -2.35. The molecule has 0 aliphatic heterocycles. The van der Waals surface area contributed by atoms with E-state index in [4.69, 9.17) is 0 Å². The van der Waals surface area contributed by atoms with E-state index in [1.165, 1.54) is 25.0 Å². The topological polar surface area (TPSA) is 20.2 Å². The maximum absolute atomic E-state index is 13.4. The first kappa shape index (κ1) is 16.0. The van der Waals surface area contributed by atoms with Crippen LogP contribution in [0.4, 0.5) is 4.39 Å². The minimum Gasteiger partial charge on any atom is -0.392 e. The van der Waals surface area contributed by atoms with Crippen LogP contribution in [0.25, 0.3) is 0 Å². The number of hydrogen-bond donors (Lipinski definition) is 1. The molecule has 0 radical (unpaired) electrons. The summed E-state index contributed by atoms with van der Waals surface area (Å²) in [6, 6.07) is 4.70. The third-order valence-electron chi connectivity index (χ3n) is 4.54. The molecule has 1 aromatic carbocycles. The first-order valence-corrected chi connectivity index (χ1v) is 8.34. The predicted octanol–water partition coefficient (Wildman–Crippen LogP) is 5.10. The molecule has 20 heavy (non-hydrogen) atoms. The Balaban J connectivity index is 2.16. The quantitative estimate of drug-likeness (QED) is 0.789. The van der Waals surface area contributed by atoms with Crippen LogP contribution >= 0.6 is 15.9 Å². The summed E-state index contributed by atoms with van der Waals surface area (Å²) in [6.07, 6.45) is 5.80. The number of halogens is 2. The number of hydrogen-bond acceptors (Lipinski definition) is 1. The number of aliphatic hydroxyl groups excluding tert-OH is 1. The van der Waals surface area contributed by atoms with Gasteiger partial charge in [0.25, 0.3) is 0 Å². The average Bonchev–Trinajstić information content (AvgIpc) is 2.82. The lowest BCUT2D eigenvalue weighted by Gasteiger charge is -2.36. The largest absolute Gasteiger partial charge is 0.392 e. The summed E-state index contributed by atoms with van der Waals surface area (Å²) in [5, 5.41) is 10.8. The normalized spacial score (nSPS) is 19.5. The Kier molecular flexibility index (Phi) is 5.25. The summed E-state index contributed by atoms with van der Waals surface area (Å²) >= 11 is 3.46. The zero-order chi connectivity index (χ0) is 14.8. The van der Waals surface area contributed by atoms with E-state index >= 15 is 0 Å². The Morgan fingerprint density at radius 3 is 2.55 bits per heavy atom. The zero-order valence-corrected chi connectivity index (χ0v) is 13.9. The molecule has 3 heteroatoms. The van der Waals surface area contributed by atoms with Gasteiger partial charge in [-0.3, -0.25) is 0 Å². The first-order valence-electron chi connectivity index (χ1n) is 7.55. The smallest absolute Gasteiger partial charge is 0.123 e. The minimum atomic E-state index is -0.384. The molecule has 1 aliphatic carbocycles. The standard InChI is InChI=1S/C17H24BrFO/c1-12(2)11-17(7-3-4-8-17)16(20)10-13-9-14(19)5-6-15(13)18/h5-6,9,12,16,20H,3-4,7-8,10-11H2,1-2H3. The molecule has 1 atom stereocenters. The van der Waals surface area contributed by atoms with Gasteiger partial charge in [0.1, 0.15) is 5.82 Å². The molecular formula is C17H24BrFO. The van der Waals surface area contributed by atoms with Crippen LogP contribution in [0.3, 0.4) is 0 Å². The Hall–Kier alpha value is -0.410. The molecule has 1 fully saturated rings. The monoisotopic (exact) mass is 342 g/mol. The summed E-state index contributed by atoms with van der Waals surface area (Å²) in [5.41, 5.74) is 0.896. The summed E-state index contributed by atoms with van der Waals surface area (Å²) in [7, 11) is 0. The van der Waals surface area contributed by atoms with Crippen molar-refractivity contribution in [2.24, 2.45) is 11.3 Å². The van der Waals surface area contributed by atoms with Crippen LogP contribution < -0.4 is 0 Å². The van der Waals surface area contributed by atoms with Crippen molar-refractivity contribution in [3.8, 4) is 0 Å². The molecule has 0 heterocycles. The molecule has 1 aliphatic rings. The van der Waals surface area contributed by atoms with E-state index in [1.807, 2.05) is 0 Å². The van der Waals surface area contributed by atoms with E-state index < -0.39 is 0 Å². The van der Waals surface area contributed by atoms with Crippen molar-refractivity contribution in [2.45, 2.75) is 58.5 Å². The van der Waals surface area contributed by atoms with Gasteiger partial charge in [0.2, 0.25) is 0 Å². The summed E-state index contributed by atoms with van der Waals surface area (Å²) < 4.78 is 14.3. The SMILES string of the molecule is CC(C)CC1(C(O)Cc2cc(F)ccc2Br)CCCC1. The maximum Gasteiger partial charge on any atom is 0.123 e.